The topological polar surface area (TPSA) is 107 Å². The van der Waals surface area contributed by atoms with Crippen LogP contribution in [0.3, 0.4) is 0 Å². The molecule has 0 saturated heterocycles. The highest BCUT2D eigenvalue weighted by molar-refractivity contribution is 8.01. The lowest BCUT2D eigenvalue weighted by Crippen LogP contribution is -2.05. The maximum atomic E-state index is 11.2. The van der Waals surface area contributed by atoms with Gasteiger partial charge in [-0.05, 0) is 37.1 Å². The zero-order chi connectivity index (χ0) is 13.8. The molecule has 0 amide bonds. The highest BCUT2D eigenvalue weighted by atomic mass is 32.2. The van der Waals surface area contributed by atoms with E-state index in [0.29, 0.717) is 16.7 Å². The van der Waals surface area contributed by atoms with E-state index in [4.69, 9.17) is 0 Å². The number of aromatic nitrogens is 4. The van der Waals surface area contributed by atoms with Crippen LogP contribution in [-0.2, 0) is 0 Å². The molecule has 0 bridgehead atoms. The Morgan fingerprint density at radius 2 is 2.32 bits per heavy atom. The normalized spacial score (nSPS) is 10.4. The summed E-state index contributed by atoms with van der Waals surface area (Å²) in [5.74, 6) is 0.849. The van der Waals surface area contributed by atoms with Crippen LogP contribution in [0.4, 0.5) is 11.5 Å². The Hall–Kier alpha value is -1.81. The van der Waals surface area contributed by atoms with Gasteiger partial charge >= 0.3 is 5.69 Å². The van der Waals surface area contributed by atoms with Crippen molar-refractivity contribution in [3.05, 3.63) is 22.3 Å². The number of hydrogen-bond donors (Lipinski definition) is 1. The molecular formula is C9H10N6O2S2. The number of anilines is 1. The molecule has 2 aromatic rings. The molecular weight excluding hydrogens is 288 g/mol. The van der Waals surface area contributed by atoms with Crippen molar-refractivity contribution in [2.24, 2.45) is 0 Å². The summed E-state index contributed by atoms with van der Waals surface area (Å²) >= 11 is 2.30. The summed E-state index contributed by atoms with van der Waals surface area (Å²) < 4.78 is 4.64. The number of aryl methyl sites for hydroxylation is 1. The minimum atomic E-state index is -0.492. The van der Waals surface area contributed by atoms with Gasteiger partial charge in [-0.3, -0.25) is 10.1 Å². The van der Waals surface area contributed by atoms with Crippen molar-refractivity contribution in [3.63, 3.8) is 0 Å². The number of hydrogen-bond acceptors (Lipinski definition) is 9. The van der Waals surface area contributed by atoms with Gasteiger partial charge in [-0.1, -0.05) is 0 Å². The Kier molecular flexibility index (Phi) is 4.22. The smallest absolute Gasteiger partial charge is 0.343 e. The lowest BCUT2D eigenvalue weighted by molar-refractivity contribution is -0.387. The fourth-order valence-corrected chi connectivity index (χ4v) is 2.93. The third-order valence-corrected chi connectivity index (χ3v) is 3.84. The lowest BCUT2D eigenvalue weighted by Gasteiger charge is -2.05. The van der Waals surface area contributed by atoms with Crippen LogP contribution in [0.5, 0.6) is 0 Å². The predicted molar refractivity (Wildman–Crippen MR) is 71.6 cm³/mol. The highest BCUT2D eigenvalue weighted by Crippen LogP contribution is 2.36. The van der Waals surface area contributed by atoms with Gasteiger partial charge in [0.25, 0.3) is 0 Å². The number of nitrogens with zero attached hydrogens (tertiary/aromatic N) is 5. The van der Waals surface area contributed by atoms with Crippen molar-refractivity contribution < 1.29 is 4.92 Å². The second kappa shape index (κ2) is 5.89. The van der Waals surface area contributed by atoms with Crippen LogP contribution in [0, 0.1) is 17.0 Å². The second-order valence-corrected chi connectivity index (χ2v) is 5.36. The van der Waals surface area contributed by atoms with Gasteiger partial charge in [0.1, 0.15) is 12.2 Å². The largest absolute Gasteiger partial charge is 0.364 e. The summed E-state index contributed by atoms with van der Waals surface area (Å²) in [6.45, 7) is 4.14. The van der Waals surface area contributed by atoms with E-state index in [1.807, 2.05) is 6.92 Å². The quantitative estimate of drug-likeness (QED) is 0.508. The number of nitro groups is 1. The van der Waals surface area contributed by atoms with Crippen molar-refractivity contribution >= 4 is 34.8 Å². The molecule has 0 aliphatic carbocycles. The first-order valence-corrected chi connectivity index (χ1v) is 6.92. The number of nitrogens with one attached hydrogen (secondary N) is 1. The van der Waals surface area contributed by atoms with E-state index >= 15 is 0 Å². The first-order chi connectivity index (χ1) is 9.11. The SMILES string of the molecule is CCNc1ncnc(Sc2nc(C)ns2)c1[N+](=O)[O-]. The van der Waals surface area contributed by atoms with Gasteiger partial charge in [0.2, 0.25) is 5.82 Å². The summed E-state index contributed by atoms with van der Waals surface area (Å²) in [6, 6.07) is 0. The molecule has 2 rings (SSSR count). The highest BCUT2D eigenvalue weighted by Gasteiger charge is 2.24. The van der Waals surface area contributed by atoms with E-state index in [1.165, 1.54) is 17.9 Å². The fourth-order valence-electron chi connectivity index (χ4n) is 1.30. The molecule has 8 nitrogen and oxygen atoms in total. The zero-order valence-corrected chi connectivity index (χ0v) is 11.8. The van der Waals surface area contributed by atoms with Crippen molar-refractivity contribution in [2.45, 2.75) is 23.2 Å². The van der Waals surface area contributed by atoms with Crippen LogP contribution in [0.2, 0.25) is 0 Å². The van der Waals surface area contributed by atoms with Gasteiger partial charge in [0.15, 0.2) is 9.37 Å². The average molecular weight is 298 g/mol. The van der Waals surface area contributed by atoms with Gasteiger partial charge in [-0.25, -0.2) is 15.0 Å². The van der Waals surface area contributed by atoms with E-state index in [2.05, 4.69) is 24.6 Å². The van der Waals surface area contributed by atoms with Crippen LogP contribution >= 0.6 is 23.3 Å². The van der Waals surface area contributed by atoms with Crippen LogP contribution in [0.1, 0.15) is 12.7 Å². The Morgan fingerprint density at radius 3 is 2.89 bits per heavy atom. The zero-order valence-electron chi connectivity index (χ0n) is 10.2. The average Bonchev–Trinajstić information content (AvgIpc) is 2.75. The van der Waals surface area contributed by atoms with Crippen LogP contribution in [0.25, 0.3) is 0 Å². The van der Waals surface area contributed by atoms with Crippen molar-refractivity contribution in [1.82, 2.24) is 19.3 Å². The maximum Gasteiger partial charge on any atom is 0.343 e. The van der Waals surface area contributed by atoms with E-state index in [1.54, 1.807) is 6.92 Å². The van der Waals surface area contributed by atoms with Gasteiger partial charge in [0.05, 0.1) is 4.92 Å². The summed E-state index contributed by atoms with van der Waals surface area (Å²) in [5.41, 5.74) is -0.137. The molecule has 0 saturated carbocycles. The Labute approximate surface area is 117 Å². The molecule has 19 heavy (non-hydrogen) atoms. The Morgan fingerprint density at radius 1 is 1.53 bits per heavy atom. The lowest BCUT2D eigenvalue weighted by atomic mass is 10.5. The molecule has 0 aromatic carbocycles. The first-order valence-electron chi connectivity index (χ1n) is 5.33. The minimum absolute atomic E-state index is 0.137. The molecule has 0 spiro atoms. The molecule has 0 aliphatic rings. The van der Waals surface area contributed by atoms with Crippen molar-refractivity contribution in [3.8, 4) is 0 Å². The molecule has 0 atom stereocenters. The fraction of sp³-hybridized carbons (Fsp3) is 0.333. The van der Waals surface area contributed by atoms with Crippen LogP contribution in [0.15, 0.2) is 15.7 Å². The third-order valence-electron chi connectivity index (χ3n) is 2.01. The van der Waals surface area contributed by atoms with E-state index in [9.17, 15) is 10.1 Å². The Balaban J connectivity index is 2.38. The molecule has 0 radical (unpaired) electrons. The molecule has 2 heterocycles. The predicted octanol–water partition coefficient (Wildman–Crippen LogP) is 2.13. The Bertz CT molecular complexity index is 602. The summed E-state index contributed by atoms with van der Waals surface area (Å²) in [6.07, 6.45) is 1.29. The van der Waals surface area contributed by atoms with Gasteiger partial charge in [-0.2, -0.15) is 4.37 Å². The van der Waals surface area contributed by atoms with E-state index in [-0.39, 0.29) is 16.5 Å². The molecule has 0 aliphatic heterocycles. The standard InChI is InChI=1S/C9H10N6O2S2/c1-3-10-7-6(15(16)17)8(12-4-11-7)18-9-13-5(2)14-19-9/h4H,3H2,1-2H3,(H,10,11,12). The van der Waals surface area contributed by atoms with Crippen molar-refractivity contribution in [2.75, 3.05) is 11.9 Å². The number of rotatable bonds is 5. The molecule has 2 aromatic heterocycles. The van der Waals surface area contributed by atoms with Gasteiger partial charge in [-0.15, -0.1) is 0 Å². The molecule has 1 N–H and O–H groups in total. The first kappa shape index (κ1) is 13.6. The summed E-state index contributed by atoms with van der Waals surface area (Å²) in [4.78, 5) is 22.7. The van der Waals surface area contributed by atoms with E-state index in [0.717, 1.165) is 11.8 Å². The third kappa shape index (κ3) is 3.15. The molecule has 10 heteroatoms. The van der Waals surface area contributed by atoms with Crippen LogP contribution < -0.4 is 5.32 Å². The van der Waals surface area contributed by atoms with Crippen LogP contribution in [-0.4, -0.2) is 30.8 Å². The van der Waals surface area contributed by atoms with Crippen molar-refractivity contribution in [1.29, 1.82) is 0 Å². The second-order valence-electron chi connectivity index (χ2n) is 3.37. The van der Waals surface area contributed by atoms with Gasteiger partial charge < -0.3 is 5.32 Å². The summed E-state index contributed by atoms with van der Waals surface area (Å²) in [5, 5.41) is 14.3. The van der Waals surface area contributed by atoms with E-state index < -0.39 is 4.92 Å². The molecule has 0 fully saturated rings. The maximum absolute atomic E-state index is 11.2. The summed E-state index contributed by atoms with van der Waals surface area (Å²) in [7, 11) is 0. The minimum Gasteiger partial charge on any atom is -0.364 e. The molecule has 100 valence electrons. The monoisotopic (exact) mass is 298 g/mol. The van der Waals surface area contributed by atoms with Gasteiger partial charge in [0, 0.05) is 6.54 Å². The molecule has 0 unspecified atom stereocenters.